The summed E-state index contributed by atoms with van der Waals surface area (Å²) in [5.41, 5.74) is 1.31. The standard InChI is InChI=1S/C21H30O3/c1-13-14-6-7-18-20(2,9-5-10-21(18,3)19(22)23-4)16(14)12-17-15(13)8-11-24-17/h8,11,13-14,16,18H,5-7,9-10,12H2,1-4H3/t13-,14-,16-,18-,20-,21+/m1/s1. The SMILES string of the molecule is COC(=O)[C@@]1(C)CCC[C@]2(C)[C@@H]3Cc4occc4[C@H](C)[C@H]3CC[C@H]21. The lowest BCUT2D eigenvalue weighted by Crippen LogP contribution is -2.56. The van der Waals surface area contributed by atoms with Crippen molar-refractivity contribution in [2.24, 2.45) is 28.6 Å². The van der Waals surface area contributed by atoms with Gasteiger partial charge in [0.05, 0.1) is 18.8 Å². The molecule has 0 spiro atoms. The molecular weight excluding hydrogens is 300 g/mol. The number of carbonyl (C=O) groups is 1. The number of fused-ring (bicyclic) bond motifs is 4. The zero-order valence-corrected chi connectivity index (χ0v) is 15.4. The predicted molar refractivity (Wildman–Crippen MR) is 92.6 cm³/mol. The molecule has 1 aromatic heterocycles. The van der Waals surface area contributed by atoms with Gasteiger partial charge in [-0.05, 0) is 73.3 Å². The highest BCUT2D eigenvalue weighted by atomic mass is 16.5. The number of carbonyl (C=O) groups excluding carboxylic acids is 1. The van der Waals surface area contributed by atoms with Crippen molar-refractivity contribution in [1.82, 2.24) is 0 Å². The molecule has 0 radical (unpaired) electrons. The lowest BCUT2D eigenvalue weighted by Gasteiger charge is -2.60. The van der Waals surface area contributed by atoms with Gasteiger partial charge in [-0.1, -0.05) is 20.3 Å². The average molecular weight is 330 g/mol. The molecule has 1 heterocycles. The summed E-state index contributed by atoms with van der Waals surface area (Å²) in [7, 11) is 1.54. The van der Waals surface area contributed by atoms with Crippen molar-refractivity contribution in [3.8, 4) is 0 Å². The van der Waals surface area contributed by atoms with E-state index in [1.165, 1.54) is 24.2 Å². The van der Waals surface area contributed by atoms with Crippen LogP contribution in [0.1, 0.15) is 70.1 Å². The summed E-state index contributed by atoms with van der Waals surface area (Å²) >= 11 is 0. The van der Waals surface area contributed by atoms with Crippen molar-refractivity contribution in [3.05, 3.63) is 23.7 Å². The molecule has 0 aliphatic heterocycles. The highest BCUT2D eigenvalue weighted by Gasteiger charge is 2.60. The quantitative estimate of drug-likeness (QED) is 0.684. The second-order valence-corrected chi connectivity index (χ2v) is 8.96. The second-order valence-electron chi connectivity index (χ2n) is 8.96. The molecule has 0 amide bonds. The van der Waals surface area contributed by atoms with Gasteiger partial charge in [0.2, 0.25) is 0 Å². The first-order valence-electron chi connectivity index (χ1n) is 9.56. The molecule has 6 atom stereocenters. The molecule has 0 N–H and O–H groups in total. The first-order valence-corrected chi connectivity index (χ1v) is 9.56. The summed E-state index contributed by atoms with van der Waals surface area (Å²) < 4.78 is 11.1. The molecule has 3 aliphatic rings. The maximum Gasteiger partial charge on any atom is 0.311 e. The Morgan fingerprint density at radius 3 is 2.83 bits per heavy atom. The van der Waals surface area contributed by atoms with Gasteiger partial charge in [0.25, 0.3) is 0 Å². The van der Waals surface area contributed by atoms with Crippen LogP contribution in [-0.2, 0) is 16.0 Å². The Labute approximate surface area is 145 Å². The van der Waals surface area contributed by atoms with E-state index in [0.29, 0.717) is 17.8 Å². The summed E-state index contributed by atoms with van der Waals surface area (Å²) in [5, 5.41) is 0. The lowest BCUT2D eigenvalue weighted by atomic mass is 9.43. The maximum atomic E-state index is 12.6. The molecular formula is C21H30O3. The van der Waals surface area contributed by atoms with E-state index < -0.39 is 0 Å². The summed E-state index contributed by atoms with van der Waals surface area (Å²) in [5.74, 6) is 3.53. The first-order chi connectivity index (χ1) is 11.4. The number of rotatable bonds is 1. The molecule has 1 aromatic rings. The Balaban J connectivity index is 1.74. The Bertz CT molecular complexity index is 647. The number of furan rings is 1. The third-order valence-corrected chi connectivity index (χ3v) is 8.10. The zero-order chi connectivity index (χ0) is 17.1. The van der Waals surface area contributed by atoms with Gasteiger partial charge in [-0.2, -0.15) is 0 Å². The van der Waals surface area contributed by atoms with E-state index in [-0.39, 0.29) is 16.8 Å². The van der Waals surface area contributed by atoms with Gasteiger partial charge >= 0.3 is 5.97 Å². The van der Waals surface area contributed by atoms with Crippen LogP contribution >= 0.6 is 0 Å². The lowest BCUT2D eigenvalue weighted by molar-refractivity contribution is -0.174. The molecule has 2 fully saturated rings. The Morgan fingerprint density at radius 2 is 2.08 bits per heavy atom. The summed E-state index contributed by atoms with van der Waals surface area (Å²) in [6.45, 7) is 6.98. The number of hydrogen-bond acceptors (Lipinski definition) is 3. The molecule has 0 aromatic carbocycles. The minimum atomic E-state index is -0.320. The van der Waals surface area contributed by atoms with E-state index in [1.807, 2.05) is 6.26 Å². The van der Waals surface area contributed by atoms with Crippen LogP contribution in [0, 0.1) is 28.6 Å². The monoisotopic (exact) mass is 330 g/mol. The smallest absolute Gasteiger partial charge is 0.311 e. The van der Waals surface area contributed by atoms with Crippen LogP contribution in [0.3, 0.4) is 0 Å². The highest BCUT2D eigenvalue weighted by molar-refractivity contribution is 5.77. The van der Waals surface area contributed by atoms with Gasteiger partial charge in [-0.25, -0.2) is 0 Å². The average Bonchev–Trinajstić information content (AvgIpc) is 3.03. The number of ether oxygens (including phenoxy) is 1. The Kier molecular flexibility index (Phi) is 3.63. The largest absolute Gasteiger partial charge is 0.469 e. The zero-order valence-electron chi connectivity index (χ0n) is 15.4. The molecule has 2 saturated carbocycles. The normalized spacial score (nSPS) is 44.2. The van der Waals surface area contributed by atoms with Crippen LogP contribution in [-0.4, -0.2) is 13.1 Å². The van der Waals surface area contributed by atoms with Crippen LogP contribution in [0.5, 0.6) is 0 Å². The van der Waals surface area contributed by atoms with E-state index in [0.717, 1.165) is 31.6 Å². The fraction of sp³-hybridized carbons (Fsp3) is 0.762. The van der Waals surface area contributed by atoms with E-state index in [4.69, 9.17) is 9.15 Å². The van der Waals surface area contributed by atoms with Crippen LogP contribution in [0.25, 0.3) is 0 Å². The molecule has 0 unspecified atom stereocenters. The molecule has 132 valence electrons. The predicted octanol–water partition coefficient (Wildman–Crippen LogP) is 4.95. The van der Waals surface area contributed by atoms with Gasteiger partial charge in [0.15, 0.2) is 0 Å². The fourth-order valence-electron chi connectivity index (χ4n) is 6.87. The van der Waals surface area contributed by atoms with E-state index >= 15 is 0 Å². The Hall–Kier alpha value is -1.25. The van der Waals surface area contributed by atoms with E-state index in [2.05, 4.69) is 26.8 Å². The van der Waals surface area contributed by atoms with Gasteiger partial charge in [0.1, 0.15) is 5.76 Å². The van der Waals surface area contributed by atoms with Crippen LogP contribution in [0.4, 0.5) is 0 Å². The van der Waals surface area contributed by atoms with Crippen molar-refractivity contribution in [2.45, 2.75) is 65.2 Å². The van der Waals surface area contributed by atoms with E-state index in [9.17, 15) is 4.79 Å². The second kappa shape index (κ2) is 5.37. The minimum absolute atomic E-state index is 0.000537. The Morgan fingerprint density at radius 1 is 1.29 bits per heavy atom. The van der Waals surface area contributed by atoms with Crippen LogP contribution in [0.15, 0.2) is 16.7 Å². The highest BCUT2D eigenvalue weighted by Crippen LogP contribution is 2.65. The van der Waals surface area contributed by atoms with Gasteiger partial charge in [0, 0.05) is 6.42 Å². The van der Waals surface area contributed by atoms with E-state index in [1.54, 1.807) is 7.11 Å². The van der Waals surface area contributed by atoms with Crippen molar-refractivity contribution >= 4 is 5.97 Å². The fourth-order valence-corrected chi connectivity index (χ4v) is 6.87. The number of methoxy groups -OCH3 is 1. The molecule has 24 heavy (non-hydrogen) atoms. The number of esters is 1. The van der Waals surface area contributed by atoms with Gasteiger partial charge in [-0.15, -0.1) is 0 Å². The maximum absolute atomic E-state index is 12.6. The molecule has 3 aliphatic carbocycles. The molecule has 3 heteroatoms. The molecule has 3 nitrogen and oxygen atoms in total. The summed E-state index contributed by atoms with van der Waals surface area (Å²) in [6, 6.07) is 2.17. The topological polar surface area (TPSA) is 39.4 Å². The summed E-state index contributed by atoms with van der Waals surface area (Å²) in [6.07, 6.45) is 8.61. The first kappa shape index (κ1) is 16.2. The van der Waals surface area contributed by atoms with Crippen molar-refractivity contribution in [3.63, 3.8) is 0 Å². The third-order valence-electron chi connectivity index (χ3n) is 8.10. The van der Waals surface area contributed by atoms with Crippen LogP contribution in [0.2, 0.25) is 0 Å². The molecule has 0 bridgehead atoms. The van der Waals surface area contributed by atoms with Crippen LogP contribution < -0.4 is 0 Å². The third kappa shape index (κ3) is 1.99. The van der Waals surface area contributed by atoms with Crippen molar-refractivity contribution in [1.29, 1.82) is 0 Å². The van der Waals surface area contributed by atoms with Gasteiger partial charge in [-0.3, -0.25) is 4.79 Å². The number of hydrogen-bond donors (Lipinski definition) is 0. The van der Waals surface area contributed by atoms with Crippen molar-refractivity contribution in [2.75, 3.05) is 7.11 Å². The summed E-state index contributed by atoms with van der Waals surface area (Å²) in [4.78, 5) is 12.6. The minimum Gasteiger partial charge on any atom is -0.469 e. The van der Waals surface area contributed by atoms with Gasteiger partial charge < -0.3 is 9.15 Å². The molecule has 0 saturated heterocycles. The van der Waals surface area contributed by atoms with Crippen molar-refractivity contribution < 1.29 is 13.9 Å². The molecule has 4 rings (SSSR count).